The third-order valence-corrected chi connectivity index (χ3v) is 4.06. The average molecular weight is 321 g/mol. The van der Waals surface area contributed by atoms with E-state index in [9.17, 15) is 0 Å². The molecule has 1 unspecified atom stereocenters. The summed E-state index contributed by atoms with van der Waals surface area (Å²) in [6.07, 6.45) is 1.94. The molecule has 18 heavy (non-hydrogen) atoms. The minimum absolute atomic E-state index is 0.246. The Kier molecular flexibility index (Phi) is 3.23. The number of fused-ring (bicyclic) bond motifs is 1. The van der Waals surface area contributed by atoms with Crippen molar-refractivity contribution in [1.29, 1.82) is 0 Å². The molecule has 0 saturated carbocycles. The van der Waals surface area contributed by atoms with Gasteiger partial charge in [-0.05, 0) is 34.9 Å². The zero-order chi connectivity index (χ0) is 12.5. The van der Waals surface area contributed by atoms with Crippen LogP contribution in [0.15, 0.2) is 51.9 Å². The first kappa shape index (κ1) is 11.9. The summed E-state index contributed by atoms with van der Waals surface area (Å²) >= 11 is 9.83. The quantitative estimate of drug-likeness (QED) is 0.724. The van der Waals surface area contributed by atoms with Gasteiger partial charge in [0.15, 0.2) is 0 Å². The monoisotopic (exact) mass is 319 g/mol. The van der Waals surface area contributed by atoms with Crippen LogP contribution in [0.2, 0.25) is 5.02 Å². The SMILES string of the molecule is Clc1ccccc1C1CN=Cc2ccc(Br)cc21. The molecule has 0 radical (unpaired) electrons. The number of nitrogens with zero attached hydrogens (tertiary/aromatic N) is 1. The fourth-order valence-corrected chi connectivity index (χ4v) is 2.99. The van der Waals surface area contributed by atoms with Gasteiger partial charge in [-0.3, -0.25) is 4.99 Å². The van der Waals surface area contributed by atoms with E-state index in [-0.39, 0.29) is 5.92 Å². The van der Waals surface area contributed by atoms with Gasteiger partial charge in [-0.25, -0.2) is 0 Å². The normalized spacial score (nSPS) is 17.6. The molecule has 0 aliphatic carbocycles. The molecule has 1 nitrogen and oxygen atoms in total. The minimum Gasteiger partial charge on any atom is -0.292 e. The topological polar surface area (TPSA) is 12.4 Å². The highest BCUT2D eigenvalue weighted by Crippen LogP contribution is 2.35. The molecule has 0 fully saturated rings. The highest BCUT2D eigenvalue weighted by molar-refractivity contribution is 9.10. The lowest BCUT2D eigenvalue weighted by atomic mass is 9.87. The van der Waals surface area contributed by atoms with E-state index in [0.29, 0.717) is 0 Å². The van der Waals surface area contributed by atoms with Crippen LogP contribution in [0.5, 0.6) is 0 Å². The number of rotatable bonds is 1. The summed E-state index contributed by atoms with van der Waals surface area (Å²) < 4.78 is 1.09. The maximum absolute atomic E-state index is 6.30. The summed E-state index contributed by atoms with van der Waals surface area (Å²) in [5.74, 6) is 0.246. The van der Waals surface area contributed by atoms with Gasteiger partial charge in [0, 0.05) is 28.2 Å². The van der Waals surface area contributed by atoms with Crippen molar-refractivity contribution in [2.24, 2.45) is 4.99 Å². The third-order valence-electron chi connectivity index (χ3n) is 3.22. The van der Waals surface area contributed by atoms with Crippen molar-refractivity contribution in [2.45, 2.75) is 5.92 Å². The standard InChI is InChI=1S/C15H11BrClN/c16-11-6-5-10-8-18-9-14(13(10)7-11)12-3-1-2-4-15(12)17/h1-8,14H,9H2. The Labute approximate surface area is 120 Å². The fraction of sp³-hybridized carbons (Fsp3) is 0.133. The van der Waals surface area contributed by atoms with Crippen LogP contribution in [0.25, 0.3) is 0 Å². The molecule has 0 bridgehead atoms. The summed E-state index contributed by atoms with van der Waals surface area (Å²) in [6.45, 7) is 0.757. The van der Waals surface area contributed by atoms with E-state index in [1.807, 2.05) is 30.5 Å². The summed E-state index contributed by atoms with van der Waals surface area (Å²) in [6, 6.07) is 14.3. The molecule has 1 atom stereocenters. The molecule has 1 aliphatic rings. The van der Waals surface area contributed by atoms with Crippen molar-refractivity contribution in [3.8, 4) is 0 Å². The first-order valence-corrected chi connectivity index (χ1v) is 6.96. The number of halogens is 2. The fourth-order valence-electron chi connectivity index (χ4n) is 2.34. The van der Waals surface area contributed by atoms with Gasteiger partial charge in [0.05, 0.1) is 0 Å². The van der Waals surface area contributed by atoms with Gasteiger partial charge in [-0.15, -0.1) is 0 Å². The summed E-state index contributed by atoms with van der Waals surface area (Å²) in [4.78, 5) is 4.45. The third kappa shape index (κ3) is 2.11. The molecule has 0 N–H and O–H groups in total. The Morgan fingerprint density at radius 3 is 2.78 bits per heavy atom. The maximum atomic E-state index is 6.30. The van der Waals surface area contributed by atoms with Gasteiger partial charge in [-0.1, -0.05) is 51.8 Å². The van der Waals surface area contributed by atoms with Gasteiger partial charge in [-0.2, -0.15) is 0 Å². The first-order valence-electron chi connectivity index (χ1n) is 5.79. The Morgan fingerprint density at radius 1 is 1.11 bits per heavy atom. The Morgan fingerprint density at radius 2 is 1.94 bits per heavy atom. The van der Waals surface area contributed by atoms with Crippen LogP contribution in [-0.2, 0) is 0 Å². The van der Waals surface area contributed by atoms with Crippen LogP contribution in [0.3, 0.4) is 0 Å². The molecule has 0 amide bonds. The number of aliphatic imine (C=N–C) groups is 1. The molecule has 90 valence electrons. The lowest BCUT2D eigenvalue weighted by Crippen LogP contribution is -2.13. The minimum atomic E-state index is 0.246. The van der Waals surface area contributed by atoms with Gasteiger partial charge in [0.25, 0.3) is 0 Å². The molecule has 3 rings (SSSR count). The van der Waals surface area contributed by atoms with Crippen molar-refractivity contribution in [3.05, 3.63) is 68.7 Å². The van der Waals surface area contributed by atoms with Crippen molar-refractivity contribution in [2.75, 3.05) is 6.54 Å². The lowest BCUT2D eigenvalue weighted by Gasteiger charge is -2.22. The second kappa shape index (κ2) is 4.87. The Bertz CT molecular complexity index is 622. The number of benzene rings is 2. The van der Waals surface area contributed by atoms with E-state index in [2.05, 4.69) is 39.1 Å². The number of hydrogen-bond donors (Lipinski definition) is 0. The highest BCUT2D eigenvalue weighted by atomic mass is 79.9. The van der Waals surface area contributed by atoms with Crippen molar-refractivity contribution < 1.29 is 0 Å². The second-order valence-electron chi connectivity index (χ2n) is 4.34. The van der Waals surface area contributed by atoms with Crippen LogP contribution in [-0.4, -0.2) is 12.8 Å². The van der Waals surface area contributed by atoms with Gasteiger partial charge >= 0.3 is 0 Å². The smallest absolute Gasteiger partial charge is 0.0499 e. The molecule has 1 heterocycles. The predicted molar refractivity (Wildman–Crippen MR) is 79.9 cm³/mol. The molecule has 2 aromatic carbocycles. The highest BCUT2D eigenvalue weighted by Gasteiger charge is 2.21. The van der Waals surface area contributed by atoms with E-state index in [0.717, 1.165) is 21.6 Å². The van der Waals surface area contributed by atoms with Crippen molar-refractivity contribution in [1.82, 2.24) is 0 Å². The zero-order valence-corrected chi connectivity index (χ0v) is 11.9. The van der Waals surface area contributed by atoms with E-state index in [1.165, 1.54) is 11.1 Å². The van der Waals surface area contributed by atoms with Gasteiger partial charge in [0.1, 0.15) is 0 Å². The lowest BCUT2D eigenvalue weighted by molar-refractivity contribution is 0.808. The van der Waals surface area contributed by atoms with Crippen LogP contribution in [0.4, 0.5) is 0 Å². The van der Waals surface area contributed by atoms with E-state index in [4.69, 9.17) is 11.6 Å². The van der Waals surface area contributed by atoms with Crippen LogP contribution >= 0.6 is 27.5 Å². The first-order chi connectivity index (χ1) is 8.75. The van der Waals surface area contributed by atoms with E-state index >= 15 is 0 Å². The summed E-state index contributed by atoms with van der Waals surface area (Å²) in [5, 5.41) is 0.811. The largest absolute Gasteiger partial charge is 0.292 e. The molecular weight excluding hydrogens is 310 g/mol. The molecule has 0 spiro atoms. The summed E-state index contributed by atoms with van der Waals surface area (Å²) in [7, 11) is 0. The maximum Gasteiger partial charge on any atom is 0.0499 e. The Hall–Kier alpha value is -1.12. The van der Waals surface area contributed by atoms with E-state index < -0.39 is 0 Å². The van der Waals surface area contributed by atoms with Crippen LogP contribution < -0.4 is 0 Å². The van der Waals surface area contributed by atoms with Crippen LogP contribution in [0, 0.1) is 0 Å². The molecule has 0 saturated heterocycles. The summed E-state index contributed by atoms with van der Waals surface area (Å²) in [5.41, 5.74) is 3.61. The van der Waals surface area contributed by atoms with E-state index in [1.54, 1.807) is 0 Å². The molecule has 3 heteroatoms. The molecular formula is C15H11BrClN. The molecule has 0 aromatic heterocycles. The van der Waals surface area contributed by atoms with Gasteiger partial charge < -0.3 is 0 Å². The van der Waals surface area contributed by atoms with Gasteiger partial charge in [0.2, 0.25) is 0 Å². The predicted octanol–water partition coefficient (Wildman–Crippen LogP) is 4.67. The van der Waals surface area contributed by atoms with Crippen LogP contribution in [0.1, 0.15) is 22.6 Å². The van der Waals surface area contributed by atoms with Crippen molar-refractivity contribution >= 4 is 33.7 Å². The van der Waals surface area contributed by atoms with Crippen molar-refractivity contribution in [3.63, 3.8) is 0 Å². The zero-order valence-electron chi connectivity index (χ0n) is 9.61. The molecule has 1 aliphatic heterocycles. The second-order valence-corrected chi connectivity index (χ2v) is 5.66. The molecule has 2 aromatic rings. The average Bonchev–Trinajstić information content (AvgIpc) is 2.39. The Balaban J connectivity index is 2.14. The number of hydrogen-bond acceptors (Lipinski definition) is 1.